The van der Waals surface area contributed by atoms with E-state index in [2.05, 4.69) is 33.0 Å². The lowest BCUT2D eigenvalue weighted by molar-refractivity contribution is 0.0695. The van der Waals surface area contributed by atoms with Crippen molar-refractivity contribution in [2.45, 2.75) is 13.0 Å². The molecule has 0 aromatic carbocycles. The van der Waals surface area contributed by atoms with E-state index in [0.29, 0.717) is 13.2 Å². The molecular formula is C14H21N3O2S. The molecule has 5 nitrogen and oxygen atoms in total. The third kappa shape index (κ3) is 4.72. The molecule has 20 heavy (non-hydrogen) atoms. The number of ether oxygens (including phenoxy) is 2. The third-order valence-corrected chi connectivity index (χ3v) is 3.76. The number of nitrogens with zero attached hydrogens (tertiary/aromatic N) is 1. The summed E-state index contributed by atoms with van der Waals surface area (Å²) in [5, 5.41) is 12.7. The van der Waals surface area contributed by atoms with Gasteiger partial charge in [0, 0.05) is 25.8 Å². The normalized spacial score (nSPS) is 11.1. The van der Waals surface area contributed by atoms with Crippen molar-refractivity contribution >= 4 is 11.3 Å². The molecule has 2 heterocycles. The standard InChI is InChI=1S/C14H21N3O2S/c1-18-7-8-19-6-3-5-15-10-12-11-16-17-14(12)13-4-2-9-20-13/h2,4,9,11,15H,3,5-8,10H2,1H3,(H,16,17). The number of hydrogen-bond acceptors (Lipinski definition) is 5. The fourth-order valence-corrected chi connectivity index (χ4v) is 2.60. The summed E-state index contributed by atoms with van der Waals surface area (Å²) in [4.78, 5) is 1.22. The molecule has 0 aliphatic rings. The Morgan fingerprint density at radius 3 is 3.10 bits per heavy atom. The molecule has 0 saturated heterocycles. The van der Waals surface area contributed by atoms with E-state index >= 15 is 0 Å². The molecule has 0 bridgehead atoms. The minimum Gasteiger partial charge on any atom is -0.382 e. The van der Waals surface area contributed by atoms with Gasteiger partial charge in [0.25, 0.3) is 0 Å². The second-order valence-corrected chi connectivity index (χ2v) is 5.33. The fourth-order valence-electron chi connectivity index (χ4n) is 1.85. The van der Waals surface area contributed by atoms with Crippen molar-refractivity contribution in [1.82, 2.24) is 15.5 Å². The van der Waals surface area contributed by atoms with E-state index in [9.17, 15) is 0 Å². The Morgan fingerprint density at radius 1 is 1.35 bits per heavy atom. The van der Waals surface area contributed by atoms with Gasteiger partial charge in [-0.1, -0.05) is 6.07 Å². The van der Waals surface area contributed by atoms with E-state index in [0.717, 1.165) is 31.8 Å². The molecule has 2 aromatic rings. The lowest BCUT2D eigenvalue weighted by Gasteiger charge is -2.06. The molecule has 0 radical (unpaired) electrons. The average molecular weight is 295 g/mol. The number of aromatic nitrogens is 2. The molecule has 2 aromatic heterocycles. The predicted octanol–water partition coefficient (Wildman–Crippen LogP) is 2.28. The maximum atomic E-state index is 5.41. The Kier molecular flexibility index (Phi) is 6.73. The van der Waals surface area contributed by atoms with Crippen LogP contribution < -0.4 is 5.32 Å². The van der Waals surface area contributed by atoms with E-state index in [1.54, 1.807) is 18.4 Å². The van der Waals surface area contributed by atoms with Crippen LogP contribution in [0.1, 0.15) is 12.0 Å². The van der Waals surface area contributed by atoms with Crippen molar-refractivity contribution in [2.75, 3.05) is 33.5 Å². The molecule has 0 saturated carbocycles. The Bertz CT molecular complexity index is 470. The molecule has 0 fully saturated rings. The maximum absolute atomic E-state index is 5.41. The van der Waals surface area contributed by atoms with Gasteiger partial charge in [-0.05, 0) is 24.4 Å². The molecule has 110 valence electrons. The molecule has 0 spiro atoms. The summed E-state index contributed by atoms with van der Waals surface area (Å²) in [6.45, 7) is 3.84. The van der Waals surface area contributed by atoms with Crippen LogP contribution in [0.15, 0.2) is 23.7 Å². The van der Waals surface area contributed by atoms with Crippen molar-refractivity contribution in [1.29, 1.82) is 0 Å². The van der Waals surface area contributed by atoms with Crippen LogP contribution in [0.5, 0.6) is 0 Å². The molecule has 2 rings (SSSR count). The highest BCUT2D eigenvalue weighted by Gasteiger charge is 2.07. The van der Waals surface area contributed by atoms with Crippen LogP contribution in [0, 0.1) is 0 Å². The van der Waals surface area contributed by atoms with Gasteiger partial charge in [0.1, 0.15) is 0 Å². The first kappa shape index (κ1) is 15.2. The Morgan fingerprint density at radius 2 is 2.30 bits per heavy atom. The van der Waals surface area contributed by atoms with Gasteiger partial charge in [0.05, 0.1) is 30.0 Å². The van der Waals surface area contributed by atoms with Crippen molar-refractivity contribution in [3.8, 4) is 10.6 Å². The maximum Gasteiger partial charge on any atom is 0.0794 e. The number of rotatable bonds is 10. The van der Waals surface area contributed by atoms with Crippen LogP contribution in [0.4, 0.5) is 0 Å². The number of methoxy groups -OCH3 is 1. The highest BCUT2D eigenvalue weighted by Crippen LogP contribution is 2.25. The summed E-state index contributed by atoms with van der Waals surface area (Å²) in [5.41, 5.74) is 2.32. The Balaban J connectivity index is 1.64. The van der Waals surface area contributed by atoms with Gasteiger partial charge in [0.15, 0.2) is 0 Å². The molecule has 0 aliphatic carbocycles. The summed E-state index contributed by atoms with van der Waals surface area (Å²) in [5.74, 6) is 0. The topological polar surface area (TPSA) is 59.2 Å². The fraction of sp³-hybridized carbons (Fsp3) is 0.500. The Labute approximate surface area is 123 Å². The van der Waals surface area contributed by atoms with Crippen molar-refractivity contribution in [2.24, 2.45) is 0 Å². The molecule has 0 amide bonds. The lowest BCUT2D eigenvalue weighted by Crippen LogP contribution is -2.17. The van der Waals surface area contributed by atoms with Gasteiger partial charge < -0.3 is 14.8 Å². The number of aromatic amines is 1. The SMILES string of the molecule is COCCOCCCNCc1cn[nH]c1-c1cccs1. The molecular weight excluding hydrogens is 274 g/mol. The smallest absolute Gasteiger partial charge is 0.0794 e. The number of hydrogen-bond donors (Lipinski definition) is 2. The van der Waals surface area contributed by atoms with Crippen molar-refractivity contribution in [3.63, 3.8) is 0 Å². The third-order valence-electron chi connectivity index (χ3n) is 2.87. The van der Waals surface area contributed by atoms with Crippen LogP contribution in [0.2, 0.25) is 0 Å². The van der Waals surface area contributed by atoms with Crippen LogP contribution in [0.25, 0.3) is 10.6 Å². The first-order valence-corrected chi connectivity index (χ1v) is 7.63. The van der Waals surface area contributed by atoms with Crippen molar-refractivity contribution in [3.05, 3.63) is 29.3 Å². The molecule has 0 unspecified atom stereocenters. The zero-order chi connectivity index (χ0) is 14.0. The summed E-state index contributed by atoms with van der Waals surface area (Å²) in [7, 11) is 1.68. The molecule has 6 heteroatoms. The van der Waals surface area contributed by atoms with Gasteiger partial charge >= 0.3 is 0 Å². The summed E-state index contributed by atoms with van der Waals surface area (Å²) in [6.07, 6.45) is 2.88. The molecule has 2 N–H and O–H groups in total. The van der Waals surface area contributed by atoms with Crippen LogP contribution >= 0.6 is 11.3 Å². The summed E-state index contributed by atoms with van der Waals surface area (Å²) < 4.78 is 10.3. The first-order chi connectivity index (χ1) is 9.92. The zero-order valence-electron chi connectivity index (χ0n) is 11.7. The second-order valence-electron chi connectivity index (χ2n) is 4.38. The lowest BCUT2D eigenvalue weighted by atomic mass is 10.2. The highest BCUT2D eigenvalue weighted by atomic mass is 32.1. The van der Waals surface area contributed by atoms with Crippen molar-refractivity contribution < 1.29 is 9.47 Å². The van der Waals surface area contributed by atoms with Gasteiger partial charge in [-0.15, -0.1) is 11.3 Å². The molecule has 0 aliphatic heterocycles. The van der Waals surface area contributed by atoms with E-state index in [1.807, 2.05) is 6.20 Å². The monoisotopic (exact) mass is 295 g/mol. The number of H-pyrrole nitrogens is 1. The average Bonchev–Trinajstić information content (AvgIpc) is 3.11. The van der Waals surface area contributed by atoms with Gasteiger partial charge in [-0.2, -0.15) is 5.10 Å². The highest BCUT2D eigenvalue weighted by molar-refractivity contribution is 7.13. The zero-order valence-corrected chi connectivity index (χ0v) is 12.5. The van der Waals surface area contributed by atoms with E-state index < -0.39 is 0 Å². The van der Waals surface area contributed by atoms with Crippen LogP contribution in [-0.4, -0.2) is 43.7 Å². The minimum absolute atomic E-state index is 0.659. The van der Waals surface area contributed by atoms with Gasteiger partial charge in [-0.3, -0.25) is 5.10 Å². The number of nitrogens with one attached hydrogen (secondary N) is 2. The first-order valence-electron chi connectivity index (χ1n) is 6.75. The quantitative estimate of drug-likeness (QED) is 0.660. The van der Waals surface area contributed by atoms with E-state index in [4.69, 9.17) is 9.47 Å². The van der Waals surface area contributed by atoms with Crippen LogP contribution in [0.3, 0.4) is 0 Å². The summed E-state index contributed by atoms with van der Waals surface area (Å²) in [6, 6.07) is 4.15. The number of thiophene rings is 1. The Hall–Kier alpha value is -1.21. The minimum atomic E-state index is 0.659. The predicted molar refractivity (Wildman–Crippen MR) is 80.9 cm³/mol. The van der Waals surface area contributed by atoms with Gasteiger partial charge in [-0.25, -0.2) is 0 Å². The molecule has 0 atom stereocenters. The van der Waals surface area contributed by atoms with E-state index in [-0.39, 0.29) is 0 Å². The second kappa shape index (κ2) is 8.86. The largest absolute Gasteiger partial charge is 0.382 e. The van der Waals surface area contributed by atoms with E-state index in [1.165, 1.54) is 10.4 Å². The summed E-state index contributed by atoms with van der Waals surface area (Å²) >= 11 is 1.72. The van der Waals surface area contributed by atoms with Gasteiger partial charge in [0.2, 0.25) is 0 Å². The van der Waals surface area contributed by atoms with Crippen LogP contribution in [-0.2, 0) is 16.0 Å².